The summed E-state index contributed by atoms with van der Waals surface area (Å²) in [5.74, 6) is 0.208. The minimum atomic E-state index is -0.635. The molecular weight excluding hydrogens is 270 g/mol. The Hall–Kier alpha value is -2.30. The number of carbonyl (C=O) groups is 1. The lowest BCUT2D eigenvalue weighted by atomic mass is 10.1. The van der Waals surface area contributed by atoms with Gasteiger partial charge in [0.2, 0.25) is 0 Å². The Morgan fingerprint density at radius 2 is 2.10 bits per heavy atom. The van der Waals surface area contributed by atoms with Crippen LogP contribution in [0.5, 0.6) is 5.75 Å². The number of hydrogen-bond donors (Lipinski definition) is 1. The molecule has 0 atom stereocenters. The van der Waals surface area contributed by atoms with Gasteiger partial charge in [0.1, 0.15) is 16.9 Å². The number of amides is 1. The third-order valence-electron chi connectivity index (χ3n) is 3.25. The molecule has 2 rings (SSSR count). The van der Waals surface area contributed by atoms with Crippen molar-refractivity contribution in [2.75, 3.05) is 13.7 Å². The van der Waals surface area contributed by atoms with Crippen LogP contribution < -0.4 is 15.7 Å². The van der Waals surface area contributed by atoms with Crippen molar-refractivity contribution >= 4 is 16.9 Å². The maximum atomic E-state index is 12.0. The second-order valence-corrected chi connectivity index (χ2v) is 4.81. The van der Waals surface area contributed by atoms with E-state index in [4.69, 9.17) is 9.15 Å². The molecule has 5 heteroatoms. The monoisotopic (exact) mass is 289 g/mol. The molecule has 0 saturated carbocycles. The molecule has 0 radical (unpaired) electrons. The van der Waals surface area contributed by atoms with E-state index in [1.165, 1.54) is 7.11 Å². The normalized spacial score (nSPS) is 10.6. The molecule has 112 valence electrons. The van der Waals surface area contributed by atoms with Crippen molar-refractivity contribution < 1.29 is 13.9 Å². The SMILES string of the molecule is CCCCCNC(=O)c1cc2ccc(OC)cc2oc1=O. The van der Waals surface area contributed by atoms with Crippen molar-refractivity contribution in [2.45, 2.75) is 26.2 Å². The lowest BCUT2D eigenvalue weighted by Crippen LogP contribution is -2.29. The summed E-state index contributed by atoms with van der Waals surface area (Å²) in [6, 6.07) is 6.69. The average Bonchev–Trinajstić information content (AvgIpc) is 2.50. The van der Waals surface area contributed by atoms with Crippen molar-refractivity contribution in [2.24, 2.45) is 0 Å². The second-order valence-electron chi connectivity index (χ2n) is 4.81. The molecule has 1 aromatic carbocycles. The van der Waals surface area contributed by atoms with Crippen LogP contribution in [-0.2, 0) is 0 Å². The van der Waals surface area contributed by atoms with Crippen LogP contribution in [0.1, 0.15) is 36.5 Å². The standard InChI is InChI=1S/C16H19NO4/c1-3-4-5-8-17-15(18)13-9-11-6-7-12(20-2)10-14(11)21-16(13)19/h6-7,9-10H,3-5,8H2,1-2H3,(H,17,18). The molecular formula is C16H19NO4. The number of unbranched alkanes of at least 4 members (excludes halogenated alkanes) is 2. The molecule has 1 aromatic heterocycles. The average molecular weight is 289 g/mol. The van der Waals surface area contributed by atoms with Crippen LogP contribution >= 0.6 is 0 Å². The van der Waals surface area contributed by atoms with Crippen molar-refractivity contribution in [1.82, 2.24) is 5.32 Å². The van der Waals surface area contributed by atoms with Gasteiger partial charge in [0.15, 0.2) is 0 Å². The Balaban J connectivity index is 2.22. The fourth-order valence-corrected chi connectivity index (χ4v) is 2.05. The summed E-state index contributed by atoms with van der Waals surface area (Å²) in [7, 11) is 1.54. The highest BCUT2D eigenvalue weighted by molar-refractivity contribution is 5.96. The van der Waals surface area contributed by atoms with Gasteiger partial charge in [-0.15, -0.1) is 0 Å². The van der Waals surface area contributed by atoms with Gasteiger partial charge in [-0.25, -0.2) is 4.79 Å². The predicted molar refractivity (Wildman–Crippen MR) is 80.9 cm³/mol. The van der Waals surface area contributed by atoms with Crippen LogP contribution in [0, 0.1) is 0 Å². The Morgan fingerprint density at radius 3 is 2.81 bits per heavy atom. The van der Waals surface area contributed by atoms with Crippen LogP contribution in [0.25, 0.3) is 11.0 Å². The van der Waals surface area contributed by atoms with Gasteiger partial charge < -0.3 is 14.5 Å². The summed E-state index contributed by atoms with van der Waals surface area (Å²) >= 11 is 0. The van der Waals surface area contributed by atoms with Crippen LogP contribution in [0.4, 0.5) is 0 Å². The van der Waals surface area contributed by atoms with Crippen molar-refractivity contribution in [3.63, 3.8) is 0 Å². The lowest BCUT2D eigenvalue weighted by molar-refractivity contribution is 0.0949. The van der Waals surface area contributed by atoms with Crippen LogP contribution in [-0.4, -0.2) is 19.6 Å². The topological polar surface area (TPSA) is 68.5 Å². The molecule has 0 bridgehead atoms. The highest BCUT2D eigenvalue weighted by atomic mass is 16.5. The van der Waals surface area contributed by atoms with Crippen LogP contribution in [0.15, 0.2) is 33.5 Å². The fourth-order valence-electron chi connectivity index (χ4n) is 2.05. The number of nitrogens with one attached hydrogen (secondary N) is 1. The molecule has 0 aliphatic heterocycles. The van der Waals surface area contributed by atoms with Gasteiger partial charge in [0.25, 0.3) is 5.91 Å². The van der Waals surface area contributed by atoms with Crippen molar-refractivity contribution in [3.05, 3.63) is 40.2 Å². The zero-order chi connectivity index (χ0) is 15.2. The third kappa shape index (κ3) is 3.62. The van der Waals surface area contributed by atoms with E-state index in [-0.39, 0.29) is 5.56 Å². The van der Waals surface area contributed by atoms with Crippen LogP contribution in [0.3, 0.4) is 0 Å². The molecule has 0 aliphatic carbocycles. The number of carbonyl (C=O) groups excluding carboxylic acids is 1. The number of methoxy groups -OCH3 is 1. The minimum absolute atomic E-state index is 0.0316. The van der Waals surface area contributed by atoms with Gasteiger partial charge in [0.05, 0.1) is 7.11 Å². The Kier molecular flexibility index (Phi) is 4.98. The Labute approximate surface area is 122 Å². The molecule has 1 heterocycles. The molecule has 0 unspecified atom stereocenters. The van der Waals surface area contributed by atoms with Crippen molar-refractivity contribution in [3.8, 4) is 5.75 Å². The maximum Gasteiger partial charge on any atom is 0.349 e. The van der Waals surface area contributed by atoms with E-state index in [2.05, 4.69) is 12.2 Å². The smallest absolute Gasteiger partial charge is 0.349 e. The first-order chi connectivity index (χ1) is 10.2. The first-order valence-electron chi connectivity index (χ1n) is 7.05. The largest absolute Gasteiger partial charge is 0.497 e. The molecule has 1 amide bonds. The van der Waals surface area contributed by atoms with E-state index in [1.54, 1.807) is 24.3 Å². The molecule has 0 fully saturated rings. The van der Waals surface area contributed by atoms with Gasteiger partial charge in [-0.3, -0.25) is 4.79 Å². The van der Waals surface area contributed by atoms with E-state index in [0.717, 1.165) is 19.3 Å². The molecule has 0 aliphatic rings. The van der Waals surface area contributed by atoms with Gasteiger partial charge in [0, 0.05) is 18.0 Å². The molecule has 0 saturated heterocycles. The highest BCUT2D eigenvalue weighted by Crippen LogP contribution is 2.20. The quantitative estimate of drug-likeness (QED) is 0.656. The number of benzene rings is 1. The number of fused-ring (bicyclic) bond motifs is 1. The lowest BCUT2D eigenvalue weighted by Gasteiger charge is -2.05. The van der Waals surface area contributed by atoms with Gasteiger partial charge >= 0.3 is 5.63 Å². The Bertz CT molecular complexity index is 690. The van der Waals surface area contributed by atoms with E-state index in [1.807, 2.05) is 0 Å². The number of hydrogen-bond acceptors (Lipinski definition) is 4. The zero-order valence-electron chi connectivity index (χ0n) is 12.3. The summed E-state index contributed by atoms with van der Waals surface area (Å²) in [4.78, 5) is 23.9. The molecule has 0 spiro atoms. The molecule has 21 heavy (non-hydrogen) atoms. The van der Waals surface area contributed by atoms with E-state index >= 15 is 0 Å². The van der Waals surface area contributed by atoms with E-state index < -0.39 is 11.5 Å². The van der Waals surface area contributed by atoms with Gasteiger partial charge in [-0.1, -0.05) is 19.8 Å². The van der Waals surface area contributed by atoms with E-state index in [9.17, 15) is 9.59 Å². The first kappa shape index (κ1) is 15.1. The number of rotatable bonds is 6. The summed E-state index contributed by atoms with van der Waals surface area (Å²) in [6.45, 7) is 2.65. The molecule has 1 N–H and O–H groups in total. The van der Waals surface area contributed by atoms with Crippen molar-refractivity contribution in [1.29, 1.82) is 0 Å². The van der Waals surface area contributed by atoms with E-state index in [0.29, 0.717) is 23.3 Å². The highest BCUT2D eigenvalue weighted by Gasteiger charge is 2.13. The molecule has 5 nitrogen and oxygen atoms in total. The Morgan fingerprint density at radius 1 is 1.29 bits per heavy atom. The fraction of sp³-hybridized carbons (Fsp3) is 0.375. The minimum Gasteiger partial charge on any atom is -0.497 e. The summed E-state index contributed by atoms with van der Waals surface area (Å²) < 4.78 is 10.3. The van der Waals surface area contributed by atoms with Gasteiger partial charge in [-0.2, -0.15) is 0 Å². The second kappa shape index (κ2) is 6.92. The van der Waals surface area contributed by atoms with Gasteiger partial charge in [-0.05, 0) is 24.6 Å². The van der Waals surface area contributed by atoms with Crippen LogP contribution in [0.2, 0.25) is 0 Å². The first-order valence-corrected chi connectivity index (χ1v) is 7.05. The third-order valence-corrected chi connectivity index (χ3v) is 3.25. The number of ether oxygens (including phenoxy) is 1. The molecule has 2 aromatic rings. The zero-order valence-corrected chi connectivity index (χ0v) is 12.3. The predicted octanol–water partition coefficient (Wildman–Crippen LogP) is 2.72. The summed E-state index contributed by atoms with van der Waals surface area (Å²) in [5.41, 5.74) is -0.199. The summed E-state index contributed by atoms with van der Waals surface area (Å²) in [5, 5.41) is 3.43. The summed E-state index contributed by atoms with van der Waals surface area (Å²) in [6.07, 6.45) is 3.03. The maximum absolute atomic E-state index is 12.0.